The Balaban J connectivity index is 1.34. The van der Waals surface area contributed by atoms with E-state index in [2.05, 4.69) is 84.3 Å². The molecule has 2 aromatic carbocycles. The van der Waals surface area contributed by atoms with Crippen molar-refractivity contribution in [3.05, 3.63) is 71.8 Å². The average Bonchev–Trinajstić information content (AvgIpc) is 2.85. The van der Waals surface area contributed by atoms with Gasteiger partial charge in [0.25, 0.3) is 0 Å². The van der Waals surface area contributed by atoms with Crippen LogP contribution in [-0.4, -0.2) is 35.0 Å². The van der Waals surface area contributed by atoms with Crippen LogP contribution >= 0.6 is 0 Å². The molecule has 0 saturated carbocycles. The Morgan fingerprint density at radius 3 is 1.48 bits per heavy atom. The van der Waals surface area contributed by atoms with E-state index in [0.29, 0.717) is 12.1 Å². The van der Waals surface area contributed by atoms with Crippen molar-refractivity contribution in [3.63, 3.8) is 0 Å². The molecule has 2 aliphatic rings. The van der Waals surface area contributed by atoms with Crippen LogP contribution in [-0.2, 0) is 0 Å². The fourth-order valence-electron chi connectivity index (χ4n) is 6.12. The molecule has 0 radical (unpaired) electrons. The Morgan fingerprint density at radius 1 is 0.645 bits per heavy atom. The van der Waals surface area contributed by atoms with Crippen molar-refractivity contribution >= 4 is 0 Å². The highest BCUT2D eigenvalue weighted by Crippen LogP contribution is 2.33. The zero-order valence-corrected chi connectivity index (χ0v) is 19.8. The van der Waals surface area contributed by atoms with E-state index in [1.807, 2.05) is 0 Å². The third-order valence-corrected chi connectivity index (χ3v) is 7.98. The number of nitrogens with zero attached hydrogens (tertiary/aromatic N) is 2. The molecule has 0 N–H and O–H groups in total. The van der Waals surface area contributed by atoms with Gasteiger partial charge in [0, 0.05) is 24.2 Å². The van der Waals surface area contributed by atoms with E-state index in [-0.39, 0.29) is 0 Å². The summed E-state index contributed by atoms with van der Waals surface area (Å²) in [5.74, 6) is 0. The van der Waals surface area contributed by atoms with Gasteiger partial charge in [0.15, 0.2) is 0 Å². The first-order valence-corrected chi connectivity index (χ1v) is 12.9. The van der Waals surface area contributed by atoms with Gasteiger partial charge < -0.3 is 0 Å². The first kappa shape index (κ1) is 22.6. The molecular formula is C29H42N2. The summed E-state index contributed by atoms with van der Waals surface area (Å²) in [5.41, 5.74) is 2.95. The summed E-state index contributed by atoms with van der Waals surface area (Å²) in [6.07, 6.45) is 12.4. The molecule has 2 nitrogen and oxygen atoms in total. The Labute approximate surface area is 190 Å². The molecule has 0 aliphatic carbocycles. The highest BCUT2D eigenvalue weighted by Gasteiger charge is 2.29. The van der Waals surface area contributed by atoms with Gasteiger partial charge in [-0.3, -0.25) is 9.80 Å². The molecular weight excluding hydrogens is 376 g/mol. The summed E-state index contributed by atoms with van der Waals surface area (Å²) >= 11 is 0. The normalized spacial score (nSPS) is 25.2. The van der Waals surface area contributed by atoms with Gasteiger partial charge in [-0.05, 0) is 76.6 Å². The van der Waals surface area contributed by atoms with Crippen LogP contribution in [0, 0.1) is 0 Å². The van der Waals surface area contributed by atoms with E-state index in [0.717, 1.165) is 12.1 Å². The summed E-state index contributed by atoms with van der Waals surface area (Å²) in [4.78, 5) is 5.62. The molecule has 4 atom stereocenters. The maximum atomic E-state index is 2.81. The minimum Gasteiger partial charge on any atom is -0.294 e. The molecule has 2 saturated heterocycles. The van der Waals surface area contributed by atoms with Crippen LogP contribution in [0.1, 0.15) is 94.8 Å². The second-order valence-electron chi connectivity index (χ2n) is 9.88. The van der Waals surface area contributed by atoms with Crippen molar-refractivity contribution < 1.29 is 0 Å². The second-order valence-corrected chi connectivity index (χ2v) is 9.88. The molecule has 0 unspecified atom stereocenters. The predicted molar refractivity (Wildman–Crippen MR) is 132 cm³/mol. The maximum Gasteiger partial charge on any atom is 0.0322 e. The van der Waals surface area contributed by atoms with Gasteiger partial charge >= 0.3 is 0 Å². The Bertz CT molecular complexity index is 693. The van der Waals surface area contributed by atoms with E-state index >= 15 is 0 Å². The van der Waals surface area contributed by atoms with Crippen LogP contribution < -0.4 is 0 Å². The molecule has 0 spiro atoms. The molecule has 168 valence electrons. The predicted octanol–water partition coefficient (Wildman–Crippen LogP) is 7.39. The van der Waals surface area contributed by atoms with Gasteiger partial charge in [-0.15, -0.1) is 0 Å². The summed E-state index contributed by atoms with van der Waals surface area (Å²) in [6, 6.07) is 24.9. The van der Waals surface area contributed by atoms with E-state index < -0.39 is 0 Å². The Morgan fingerprint density at radius 2 is 1.06 bits per heavy atom. The lowest BCUT2D eigenvalue weighted by atomic mass is 9.90. The van der Waals surface area contributed by atoms with Crippen molar-refractivity contribution in [3.8, 4) is 0 Å². The summed E-state index contributed by atoms with van der Waals surface area (Å²) < 4.78 is 0. The topological polar surface area (TPSA) is 6.48 Å². The lowest BCUT2D eigenvalue weighted by Gasteiger charge is -2.42. The van der Waals surface area contributed by atoms with Gasteiger partial charge in [0.05, 0.1) is 0 Å². The third kappa shape index (κ3) is 5.79. The molecule has 2 heteroatoms. The first-order valence-electron chi connectivity index (χ1n) is 12.9. The molecule has 2 aliphatic heterocycles. The summed E-state index contributed by atoms with van der Waals surface area (Å²) in [7, 11) is 0. The van der Waals surface area contributed by atoms with E-state index in [1.54, 1.807) is 0 Å². The molecule has 0 amide bonds. The molecule has 31 heavy (non-hydrogen) atoms. The number of benzene rings is 2. The van der Waals surface area contributed by atoms with Crippen molar-refractivity contribution in [2.75, 3.05) is 13.1 Å². The van der Waals surface area contributed by atoms with Crippen molar-refractivity contribution in [2.24, 2.45) is 0 Å². The monoisotopic (exact) mass is 418 g/mol. The largest absolute Gasteiger partial charge is 0.294 e. The number of piperidine rings is 2. The van der Waals surface area contributed by atoms with E-state index in [9.17, 15) is 0 Å². The van der Waals surface area contributed by atoms with E-state index in [4.69, 9.17) is 0 Å². The van der Waals surface area contributed by atoms with E-state index in [1.165, 1.54) is 82.0 Å². The van der Waals surface area contributed by atoms with Gasteiger partial charge in [-0.1, -0.05) is 79.9 Å². The van der Waals surface area contributed by atoms with Gasteiger partial charge in [-0.2, -0.15) is 0 Å². The smallest absolute Gasteiger partial charge is 0.0322 e. The maximum absolute atomic E-state index is 2.81. The molecule has 2 aromatic rings. The highest BCUT2D eigenvalue weighted by molar-refractivity contribution is 5.19. The molecule has 2 heterocycles. The van der Waals surface area contributed by atoms with Crippen LogP contribution in [0.2, 0.25) is 0 Å². The van der Waals surface area contributed by atoms with Crippen molar-refractivity contribution in [2.45, 2.75) is 95.8 Å². The van der Waals surface area contributed by atoms with Crippen LogP contribution in [0.5, 0.6) is 0 Å². The van der Waals surface area contributed by atoms with Crippen LogP contribution in [0.25, 0.3) is 0 Å². The quantitative estimate of drug-likeness (QED) is 0.441. The number of hydrogen-bond donors (Lipinski definition) is 0. The minimum absolute atomic E-state index is 0.538. The van der Waals surface area contributed by atoms with Crippen LogP contribution in [0.3, 0.4) is 0 Å². The zero-order chi connectivity index (χ0) is 21.5. The van der Waals surface area contributed by atoms with Crippen molar-refractivity contribution in [1.29, 1.82) is 0 Å². The Hall–Kier alpha value is -1.64. The second kappa shape index (κ2) is 11.3. The highest BCUT2D eigenvalue weighted by atomic mass is 15.2. The van der Waals surface area contributed by atoms with Crippen LogP contribution in [0.15, 0.2) is 60.7 Å². The van der Waals surface area contributed by atoms with Gasteiger partial charge in [-0.25, -0.2) is 0 Å². The lowest BCUT2D eigenvalue weighted by Crippen LogP contribution is -2.42. The number of likely N-dealkylation sites (tertiary alicyclic amines) is 2. The Kier molecular flexibility index (Phi) is 8.21. The minimum atomic E-state index is 0.538. The lowest BCUT2D eigenvalue weighted by molar-refractivity contribution is 0.0780. The molecule has 0 aromatic heterocycles. The standard InChI is InChI=1S/C29H42N2/c1-24(26-14-5-3-6-15-26)30-22-11-9-18-28(30)20-13-21-29-19-10-12-23-31(29)25(2)27-16-7-4-8-17-27/h3-8,14-17,24-25,28-29H,9-13,18-23H2,1-2H3/t24-,25-,28+,29+/m1/s1. The van der Waals surface area contributed by atoms with Crippen LogP contribution in [0.4, 0.5) is 0 Å². The zero-order valence-electron chi connectivity index (χ0n) is 19.8. The molecule has 2 fully saturated rings. The SMILES string of the molecule is C[C@H](c1ccccc1)N1CCCC[C@H]1CCC[C@@H]1CCCCN1[C@H](C)c1ccccc1. The fraction of sp³-hybridized carbons (Fsp3) is 0.586. The summed E-state index contributed by atoms with van der Waals surface area (Å²) in [5, 5.41) is 0. The summed E-state index contributed by atoms with van der Waals surface area (Å²) in [6.45, 7) is 7.36. The van der Waals surface area contributed by atoms with Crippen molar-refractivity contribution in [1.82, 2.24) is 9.80 Å². The first-order chi connectivity index (χ1) is 15.2. The third-order valence-electron chi connectivity index (χ3n) is 7.98. The molecule has 0 bridgehead atoms. The molecule has 4 rings (SSSR count). The van der Waals surface area contributed by atoms with Gasteiger partial charge in [0.1, 0.15) is 0 Å². The fourth-order valence-corrected chi connectivity index (χ4v) is 6.12. The van der Waals surface area contributed by atoms with Gasteiger partial charge in [0.2, 0.25) is 0 Å². The number of hydrogen-bond acceptors (Lipinski definition) is 2. The average molecular weight is 419 g/mol. The number of rotatable bonds is 8.